The molecular weight excluding hydrogens is 387 g/mol. The van der Waals surface area contributed by atoms with E-state index in [1.165, 1.54) is 6.07 Å². The lowest BCUT2D eigenvalue weighted by molar-refractivity contribution is -0.143. The van der Waals surface area contributed by atoms with Crippen molar-refractivity contribution in [2.24, 2.45) is 0 Å². The molecule has 2 fully saturated rings. The van der Waals surface area contributed by atoms with Crippen LogP contribution in [0.25, 0.3) is 0 Å². The number of rotatable bonds is 4. The second-order valence-corrected chi connectivity index (χ2v) is 6.93. The largest absolute Gasteiger partial charge is 0.464 e. The predicted octanol–water partition coefficient (Wildman–Crippen LogP) is 2.23. The predicted molar refractivity (Wildman–Crippen MR) is 92.5 cm³/mol. The maximum Gasteiger partial charge on any atom is 0.417 e. The summed E-state index contributed by atoms with van der Waals surface area (Å²) in [6.07, 6.45) is -3.91. The van der Waals surface area contributed by atoms with Crippen LogP contribution in [0.1, 0.15) is 12.0 Å². The van der Waals surface area contributed by atoms with Gasteiger partial charge in [-0.15, -0.1) is 0 Å². The van der Waals surface area contributed by atoms with Crippen LogP contribution >= 0.6 is 11.6 Å². The summed E-state index contributed by atoms with van der Waals surface area (Å²) in [6.45, 7) is 2.94. The van der Waals surface area contributed by atoms with Crippen LogP contribution in [0, 0.1) is 0 Å². The van der Waals surface area contributed by atoms with E-state index in [0.717, 1.165) is 12.1 Å². The van der Waals surface area contributed by atoms with Gasteiger partial charge in [0.15, 0.2) is 0 Å². The van der Waals surface area contributed by atoms with Crippen molar-refractivity contribution in [3.63, 3.8) is 0 Å². The third-order valence-corrected chi connectivity index (χ3v) is 5.01. The van der Waals surface area contributed by atoms with Gasteiger partial charge >= 0.3 is 12.1 Å². The van der Waals surface area contributed by atoms with Crippen LogP contribution in [0.5, 0.6) is 0 Å². The highest BCUT2D eigenvalue weighted by Crippen LogP contribution is 2.36. The number of benzene rings is 1. The number of hydrogen-bond donors (Lipinski definition) is 1. The van der Waals surface area contributed by atoms with Gasteiger partial charge in [-0.25, -0.2) is 0 Å². The number of nitrogens with zero attached hydrogens (tertiary/aromatic N) is 2. The molecule has 0 radical (unpaired) electrons. The van der Waals surface area contributed by atoms with E-state index < -0.39 is 22.7 Å². The Morgan fingerprint density at radius 2 is 1.96 bits per heavy atom. The van der Waals surface area contributed by atoms with Crippen LogP contribution in [0.2, 0.25) is 5.02 Å². The average Bonchev–Trinajstić information content (AvgIpc) is 3.02. The van der Waals surface area contributed by atoms with Crippen molar-refractivity contribution in [3.8, 4) is 0 Å². The summed E-state index contributed by atoms with van der Waals surface area (Å²) >= 11 is 5.57. The van der Waals surface area contributed by atoms with Gasteiger partial charge in [-0.05, 0) is 18.2 Å². The molecule has 1 unspecified atom stereocenters. The Morgan fingerprint density at radius 3 is 2.56 bits per heavy atom. The first-order valence-electron chi connectivity index (χ1n) is 8.53. The van der Waals surface area contributed by atoms with Crippen LogP contribution in [0.15, 0.2) is 18.2 Å². The van der Waals surface area contributed by atoms with Crippen LogP contribution < -0.4 is 5.32 Å². The molecular formula is C17H19ClF3N3O3. The van der Waals surface area contributed by atoms with E-state index >= 15 is 0 Å². The van der Waals surface area contributed by atoms with Crippen LogP contribution in [-0.2, 0) is 20.5 Å². The maximum atomic E-state index is 12.9. The van der Waals surface area contributed by atoms with E-state index in [-0.39, 0.29) is 24.2 Å². The molecule has 0 aromatic heterocycles. The highest BCUT2D eigenvalue weighted by molar-refractivity contribution is 6.31. The van der Waals surface area contributed by atoms with Gasteiger partial charge in [0, 0.05) is 38.3 Å². The van der Waals surface area contributed by atoms with Gasteiger partial charge in [-0.2, -0.15) is 13.2 Å². The van der Waals surface area contributed by atoms with Gasteiger partial charge in [-0.1, -0.05) is 11.6 Å². The Morgan fingerprint density at radius 1 is 1.26 bits per heavy atom. The lowest BCUT2D eigenvalue weighted by atomic mass is 10.1. The lowest BCUT2D eigenvalue weighted by Crippen LogP contribution is -2.52. The smallest absolute Gasteiger partial charge is 0.417 e. The molecule has 2 aliphatic heterocycles. The van der Waals surface area contributed by atoms with Crippen molar-refractivity contribution in [3.05, 3.63) is 28.8 Å². The van der Waals surface area contributed by atoms with E-state index in [1.54, 1.807) is 0 Å². The van der Waals surface area contributed by atoms with E-state index in [0.29, 0.717) is 39.2 Å². The van der Waals surface area contributed by atoms with Gasteiger partial charge in [0.1, 0.15) is 6.04 Å². The van der Waals surface area contributed by atoms with Crippen LogP contribution in [-0.4, -0.2) is 67.0 Å². The van der Waals surface area contributed by atoms with Crippen molar-refractivity contribution < 1.29 is 27.5 Å². The molecule has 10 heteroatoms. The minimum atomic E-state index is -4.59. The number of ether oxygens (including phenoxy) is 1. The van der Waals surface area contributed by atoms with E-state index in [1.807, 2.05) is 9.80 Å². The summed E-state index contributed by atoms with van der Waals surface area (Å²) in [5.74, 6) is -0.608. The summed E-state index contributed by atoms with van der Waals surface area (Å²) in [6, 6.07) is 3.05. The summed E-state index contributed by atoms with van der Waals surface area (Å²) in [5, 5.41) is 2.06. The third kappa shape index (κ3) is 4.91. The molecule has 1 N–H and O–H groups in total. The third-order valence-electron chi connectivity index (χ3n) is 4.68. The molecule has 1 atom stereocenters. The van der Waals surface area contributed by atoms with Crippen LogP contribution in [0.3, 0.4) is 0 Å². The number of hydrogen-bond acceptors (Lipinski definition) is 5. The summed E-state index contributed by atoms with van der Waals surface area (Å²) in [7, 11) is 0. The maximum absolute atomic E-state index is 12.9. The molecule has 27 heavy (non-hydrogen) atoms. The average molecular weight is 406 g/mol. The summed E-state index contributed by atoms with van der Waals surface area (Å²) in [4.78, 5) is 27.7. The fourth-order valence-corrected chi connectivity index (χ4v) is 3.50. The number of alkyl halides is 3. The van der Waals surface area contributed by atoms with Gasteiger partial charge < -0.3 is 10.1 Å². The first-order chi connectivity index (χ1) is 12.7. The SMILES string of the molecule is O=C(CN1CCN(C2CCOC2=O)CC1)Nc1ccc(Cl)c(C(F)(F)F)c1. The number of halogens is 4. The highest BCUT2D eigenvalue weighted by Gasteiger charge is 2.35. The molecule has 2 heterocycles. The molecule has 1 aromatic carbocycles. The minimum Gasteiger partial charge on any atom is -0.464 e. The Kier molecular flexibility index (Phi) is 5.92. The molecule has 0 bridgehead atoms. The number of piperazine rings is 1. The monoisotopic (exact) mass is 405 g/mol. The van der Waals surface area contributed by atoms with Crippen molar-refractivity contribution >= 4 is 29.2 Å². The Hall–Kier alpha value is -1.84. The Bertz CT molecular complexity index is 721. The second kappa shape index (κ2) is 8.04. The van der Waals surface area contributed by atoms with Gasteiger partial charge in [0.05, 0.1) is 23.7 Å². The molecule has 0 aliphatic carbocycles. The van der Waals surface area contributed by atoms with Crippen molar-refractivity contribution in [1.82, 2.24) is 9.80 Å². The normalized spacial score (nSPS) is 21.9. The molecule has 1 aromatic rings. The van der Waals surface area contributed by atoms with Crippen molar-refractivity contribution in [2.75, 3.05) is 44.6 Å². The first kappa shape index (κ1) is 19.9. The fraction of sp³-hybridized carbons (Fsp3) is 0.529. The molecule has 1 amide bonds. The summed E-state index contributed by atoms with van der Waals surface area (Å²) < 4.78 is 43.6. The van der Waals surface area contributed by atoms with E-state index in [4.69, 9.17) is 16.3 Å². The van der Waals surface area contributed by atoms with E-state index in [2.05, 4.69) is 5.32 Å². The first-order valence-corrected chi connectivity index (χ1v) is 8.91. The number of amides is 1. The van der Waals surface area contributed by atoms with Gasteiger partial charge in [0.25, 0.3) is 0 Å². The quantitative estimate of drug-likeness (QED) is 0.778. The number of nitrogens with one attached hydrogen (secondary N) is 1. The number of carbonyl (C=O) groups excluding carboxylic acids is 2. The van der Waals surface area contributed by atoms with E-state index in [9.17, 15) is 22.8 Å². The lowest BCUT2D eigenvalue weighted by Gasteiger charge is -2.36. The number of esters is 1. The number of cyclic esters (lactones) is 1. The molecule has 148 valence electrons. The number of carbonyl (C=O) groups is 2. The standard InChI is InChI=1S/C17H19ClF3N3O3/c18-13-2-1-11(9-12(13)17(19,20)21)22-15(25)10-23-4-6-24(7-5-23)14-3-8-27-16(14)26/h1-2,9,14H,3-8,10H2,(H,22,25). The van der Waals surface area contributed by atoms with Gasteiger partial charge in [0.2, 0.25) is 5.91 Å². The fourth-order valence-electron chi connectivity index (χ4n) is 3.27. The Labute approximate surface area is 159 Å². The zero-order valence-corrected chi connectivity index (χ0v) is 15.1. The molecule has 6 nitrogen and oxygen atoms in total. The molecule has 0 spiro atoms. The molecule has 3 rings (SSSR count). The summed E-state index contributed by atoms with van der Waals surface area (Å²) in [5.41, 5.74) is -0.942. The highest BCUT2D eigenvalue weighted by atomic mass is 35.5. The molecule has 2 saturated heterocycles. The topological polar surface area (TPSA) is 61.9 Å². The molecule has 2 aliphatic rings. The second-order valence-electron chi connectivity index (χ2n) is 6.52. The Balaban J connectivity index is 1.51. The minimum absolute atomic E-state index is 0.0454. The van der Waals surface area contributed by atoms with Crippen molar-refractivity contribution in [1.29, 1.82) is 0 Å². The molecule has 0 saturated carbocycles. The number of anilines is 1. The van der Waals surface area contributed by atoms with Gasteiger partial charge in [-0.3, -0.25) is 19.4 Å². The zero-order valence-electron chi connectivity index (χ0n) is 14.4. The zero-order chi connectivity index (χ0) is 19.6. The van der Waals surface area contributed by atoms with Crippen LogP contribution in [0.4, 0.5) is 18.9 Å². The van der Waals surface area contributed by atoms with Crippen molar-refractivity contribution in [2.45, 2.75) is 18.6 Å².